The fourth-order valence-corrected chi connectivity index (χ4v) is 1.14. The van der Waals surface area contributed by atoms with Gasteiger partial charge in [0.1, 0.15) is 11.6 Å². The molecule has 0 aliphatic rings. The van der Waals surface area contributed by atoms with Gasteiger partial charge in [-0.05, 0) is 13.1 Å². The number of aliphatic hydroxyl groups excluding tert-OH is 1. The van der Waals surface area contributed by atoms with Gasteiger partial charge < -0.3 is 15.5 Å². The second-order valence-electron chi connectivity index (χ2n) is 2.73. The van der Waals surface area contributed by atoms with Crippen molar-refractivity contribution in [1.29, 1.82) is 0 Å². The Morgan fingerprint density at radius 1 is 1.54 bits per heavy atom. The van der Waals surface area contributed by atoms with Crippen molar-refractivity contribution in [2.45, 2.75) is 6.04 Å². The van der Waals surface area contributed by atoms with Crippen molar-refractivity contribution < 1.29 is 14.6 Å². The highest BCUT2D eigenvalue weighted by Crippen LogP contribution is 2.20. The number of rotatable bonds is 3. The van der Waals surface area contributed by atoms with E-state index in [-0.39, 0.29) is 12.4 Å². The van der Waals surface area contributed by atoms with Crippen molar-refractivity contribution in [2.75, 3.05) is 13.7 Å². The molecule has 1 atom stereocenters. The molecule has 0 aliphatic carbocycles. The van der Waals surface area contributed by atoms with Crippen LogP contribution < -0.4 is 5.32 Å². The summed E-state index contributed by atoms with van der Waals surface area (Å²) in [7, 11) is 1.63. The Kier molecular flexibility index (Phi) is 3.22. The molecule has 72 valence electrons. The number of halogens is 1. The number of aliphatic hydroxyl groups is 1. The van der Waals surface area contributed by atoms with E-state index < -0.39 is 11.9 Å². The molecule has 13 heavy (non-hydrogen) atoms. The lowest BCUT2D eigenvalue weighted by Crippen LogP contribution is -2.20. The molecule has 0 bridgehead atoms. The second-order valence-corrected chi connectivity index (χ2v) is 2.73. The molecule has 0 amide bonds. The van der Waals surface area contributed by atoms with Crippen LogP contribution in [0.25, 0.3) is 0 Å². The van der Waals surface area contributed by atoms with Crippen molar-refractivity contribution in [3.8, 4) is 5.75 Å². The van der Waals surface area contributed by atoms with Crippen LogP contribution in [0.4, 0.5) is 4.39 Å². The normalized spacial score (nSPS) is 12.8. The number of aromatic hydroxyl groups is 1. The van der Waals surface area contributed by atoms with E-state index >= 15 is 0 Å². The van der Waals surface area contributed by atoms with E-state index in [1.165, 1.54) is 12.1 Å². The Morgan fingerprint density at radius 3 is 2.69 bits per heavy atom. The predicted molar refractivity (Wildman–Crippen MR) is 47.0 cm³/mol. The minimum Gasteiger partial charge on any atom is -0.508 e. The fourth-order valence-electron chi connectivity index (χ4n) is 1.14. The first-order chi connectivity index (χ1) is 6.19. The van der Waals surface area contributed by atoms with Crippen LogP contribution in [0.2, 0.25) is 0 Å². The van der Waals surface area contributed by atoms with Crippen LogP contribution >= 0.6 is 0 Å². The second kappa shape index (κ2) is 4.20. The molecule has 0 aromatic heterocycles. The summed E-state index contributed by atoms with van der Waals surface area (Å²) in [4.78, 5) is 0. The van der Waals surface area contributed by atoms with Gasteiger partial charge in [0.2, 0.25) is 0 Å². The van der Waals surface area contributed by atoms with E-state index in [1.807, 2.05) is 0 Å². The monoisotopic (exact) mass is 185 g/mol. The van der Waals surface area contributed by atoms with Crippen LogP contribution in [0.1, 0.15) is 11.6 Å². The molecule has 4 heteroatoms. The molecular weight excluding hydrogens is 173 g/mol. The number of hydrogen-bond acceptors (Lipinski definition) is 3. The lowest BCUT2D eigenvalue weighted by atomic mass is 10.1. The summed E-state index contributed by atoms with van der Waals surface area (Å²) in [6.45, 7) is -0.182. The Balaban J connectivity index is 2.99. The highest BCUT2D eigenvalue weighted by molar-refractivity contribution is 5.29. The molecule has 0 saturated heterocycles. The maximum absolute atomic E-state index is 13.2. The third-order valence-corrected chi connectivity index (χ3v) is 1.89. The zero-order valence-corrected chi connectivity index (χ0v) is 7.29. The maximum Gasteiger partial charge on any atom is 0.131 e. The summed E-state index contributed by atoms with van der Waals surface area (Å²) in [5.41, 5.74) is 0.350. The summed E-state index contributed by atoms with van der Waals surface area (Å²) >= 11 is 0. The highest BCUT2D eigenvalue weighted by Gasteiger charge is 2.12. The molecular formula is C9H12FNO2. The Labute approximate surface area is 75.8 Å². The van der Waals surface area contributed by atoms with Crippen LogP contribution in [0.15, 0.2) is 18.2 Å². The smallest absolute Gasteiger partial charge is 0.131 e. The zero-order valence-electron chi connectivity index (χ0n) is 7.29. The van der Waals surface area contributed by atoms with Gasteiger partial charge in [-0.2, -0.15) is 0 Å². The van der Waals surface area contributed by atoms with Crippen LogP contribution in [0.3, 0.4) is 0 Å². The molecule has 0 spiro atoms. The van der Waals surface area contributed by atoms with E-state index in [0.717, 1.165) is 6.07 Å². The third kappa shape index (κ3) is 2.17. The summed E-state index contributed by atoms with van der Waals surface area (Å²) < 4.78 is 13.2. The van der Waals surface area contributed by atoms with Gasteiger partial charge in [0.25, 0.3) is 0 Å². The molecule has 1 aromatic rings. The largest absolute Gasteiger partial charge is 0.508 e. The van der Waals surface area contributed by atoms with E-state index in [0.29, 0.717) is 5.56 Å². The summed E-state index contributed by atoms with van der Waals surface area (Å²) in [6, 6.07) is 3.43. The number of benzene rings is 1. The average molecular weight is 185 g/mol. The number of phenolic OH excluding ortho intramolecular Hbond substituents is 1. The number of hydrogen-bond donors (Lipinski definition) is 3. The van der Waals surface area contributed by atoms with Crippen molar-refractivity contribution in [2.24, 2.45) is 0 Å². The van der Waals surface area contributed by atoms with Gasteiger partial charge in [0, 0.05) is 11.6 Å². The molecule has 1 aromatic carbocycles. The van der Waals surface area contributed by atoms with Crippen molar-refractivity contribution >= 4 is 0 Å². The number of nitrogens with one attached hydrogen (secondary N) is 1. The van der Waals surface area contributed by atoms with Gasteiger partial charge in [0.05, 0.1) is 12.6 Å². The predicted octanol–water partition coefficient (Wildman–Crippen LogP) is 0.784. The minimum atomic E-state index is -0.520. The molecule has 0 heterocycles. The van der Waals surface area contributed by atoms with Gasteiger partial charge in [0.15, 0.2) is 0 Å². The van der Waals surface area contributed by atoms with Gasteiger partial charge in [-0.15, -0.1) is 0 Å². The molecule has 0 aliphatic heterocycles. The topological polar surface area (TPSA) is 52.5 Å². The maximum atomic E-state index is 13.2. The van der Waals surface area contributed by atoms with E-state index in [1.54, 1.807) is 7.05 Å². The summed E-state index contributed by atoms with van der Waals surface area (Å²) in [5.74, 6) is -0.637. The number of phenols is 1. The summed E-state index contributed by atoms with van der Waals surface area (Å²) in [6.07, 6.45) is 0. The molecule has 0 fully saturated rings. The first kappa shape index (κ1) is 9.95. The SMILES string of the molecule is CN[C@@H](CO)c1ccc(O)cc1F. The Morgan fingerprint density at radius 2 is 2.23 bits per heavy atom. The van der Waals surface area contributed by atoms with Crippen molar-refractivity contribution in [3.63, 3.8) is 0 Å². The van der Waals surface area contributed by atoms with Crippen molar-refractivity contribution in [3.05, 3.63) is 29.6 Å². The lowest BCUT2D eigenvalue weighted by Gasteiger charge is -2.14. The first-order valence-corrected chi connectivity index (χ1v) is 3.95. The molecule has 1 rings (SSSR count). The van der Waals surface area contributed by atoms with Gasteiger partial charge >= 0.3 is 0 Å². The highest BCUT2D eigenvalue weighted by atomic mass is 19.1. The van der Waals surface area contributed by atoms with Gasteiger partial charge in [-0.25, -0.2) is 4.39 Å². The van der Waals surface area contributed by atoms with Crippen LogP contribution in [0, 0.1) is 5.82 Å². The fraction of sp³-hybridized carbons (Fsp3) is 0.333. The molecule has 0 radical (unpaired) electrons. The average Bonchev–Trinajstić information content (AvgIpc) is 2.10. The molecule has 0 saturated carbocycles. The third-order valence-electron chi connectivity index (χ3n) is 1.89. The van der Waals surface area contributed by atoms with E-state index in [4.69, 9.17) is 10.2 Å². The summed E-state index contributed by atoms with van der Waals surface area (Å²) in [5, 5.41) is 20.6. The van der Waals surface area contributed by atoms with Crippen molar-refractivity contribution in [1.82, 2.24) is 5.32 Å². The minimum absolute atomic E-state index is 0.117. The first-order valence-electron chi connectivity index (χ1n) is 3.95. The molecule has 0 unspecified atom stereocenters. The van der Waals surface area contributed by atoms with Gasteiger partial charge in [-0.3, -0.25) is 0 Å². The quantitative estimate of drug-likeness (QED) is 0.652. The van der Waals surface area contributed by atoms with Crippen LogP contribution in [-0.2, 0) is 0 Å². The van der Waals surface area contributed by atoms with E-state index in [9.17, 15) is 4.39 Å². The van der Waals surface area contributed by atoms with Gasteiger partial charge in [-0.1, -0.05) is 6.07 Å². The zero-order chi connectivity index (χ0) is 9.84. The standard InChI is InChI=1S/C9H12FNO2/c1-11-9(5-12)7-3-2-6(13)4-8(7)10/h2-4,9,11-13H,5H2,1H3/t9-/m0/s1. The van der Waals surface area contributed by atoms with Crippen LogP contribution in [0.5, 0.6) is 5.75 Å². The number of likely N-dealkylation sites (N-methyl/N-ethyl adjacent to an activating group) is 1. The van der Waals surface area contributed by atoms with E-state index in [2.05, 4.69) is 5.32 Å². The van der Waals surface area contributed by atoms with Crippen LogP contribution in [-0.4, -0.2) is 23.9 Å². The molecule has 3 N–H and O–H groups in total. The Hall–Kier alpha value is -1.13. The Bertz CT molecular complexity index is 287. The molecule has 3 nitrogen and oxygen atoms in total. The lowest BCUT2D eigenvalue weighted by molar-refractivity contribution is 0.248.